The molecule has 5 nitrogen and oxygen atoms in total. The van der Waals surface area contributed by atoms with Gasteiger partial charge in [0.1, 0.15) is 5.82 Å². The van der Waals surface area contributed by atoms with E-state index in [1.165, 1.54) is 12.1 Å². The second-order valence-corrected chi connectivity index (χ2v) is 5.47. The maximum atomic E-state index is 14.0. The first-order valence-electron chi connectivity index (χ1n) is 7.11. The number of nitrogens with two attached hydrogens (primary N) is 1. The van der Waals surface area contributed by atoms with Gasteiger partial charge in [-0.2, -0.15) is 0 Å². The molecule has 6 heteroatoms. The molecule has 0 spiro atoms. The molecule has 1 aliphatic heterocycles. The summed E-state index contributed by atoms with van der Waals surface area (Å²) in [6.45, 7) is 2.48. The summed E-state index contributed by atoms with van der Waals surface area (Å²) >= 11 is 0. The van der Waals surface area contributed by atoms with E-state index in [0.29, 0.717) is 37.9 Å². The van der Waals surface area contributed by atoms with Gasteiger partial charge in [-0.05, 0) is 43.0 Å². The molecule has 2 amide bonds. The Bertz CT molecular complexity index is 560. The minimum atomic E-state index is -0.481. The van der Waals surface area contributed by atoms with Gasteiger partial charge in [-0.3, -0.25) is 9.59 Å². The van der Waals surface area contributed by atoms with Crippen molar-refractivity contribution < 1.29 is 14.0 Å². The van der Waals surface area contributed by atoms with Crippen molar-refractivity contribution in [3.63, 3.8) is 0 Å². The SMILES string of the molecule is CC(CN)CCC(=O)Nc1cc2c(cc1F)CCC(=O)N2. The summed E-state index contributed by atoms with van der Waals surface area (Å²) in [7, 11) is 0. The Morgan fingerprint density at radius 2 is 2.24 bits per heavy atom. The lowest BCUT2D eigenvalue weighted by molar-refractivity contribution is -0.117. The Hall–Kier alpha value is -1.95. The van der Waals surface area contributed by atoms with Gasteiger partial charge >= 0.3 is 0 Å². The summed E-state index contributed by atoms with van der Waals surface area (Å²) in [5, 5.41) is 5.24. The lowest BCUT2D eigenvalue weighted by Crippen LogP contribution is -2.20. The van der Waals surface area contributed by atoms with Gasteiger partial charge in [-0.25, -0.2) is 4.39 Å². The first-order chi connectivity index (χ1) is 9.99. The van der Waals surface area contributed by atoms with Crippen LogP contribution in [-0.2, 0) is 16.0 Å². The molecule has 2 rings (SSSR count). The molecule has 0 radical (unpaired) electrons. The number of anilines is 2. The number of benzene rings is 1. The molecule has 1 aromatic rings. The third-order valence-electron chi connectivity index (χ3n) is 3.63. The Kier molecular flexibility index (Phi) is 4.90. The molecule has 0 saturated heterocycles. The highest BCUT2D eigenvalue weighted by Gasteiger charge is 2.18. The van der Waals surface area contributed by atoms with Crippen LogP contribution >= 0.6 is 0 Å². The average molecular weight is 293 g/mol. The lowest BCUT2D eigenvalue weighted by Gasteiger charge is -2.18. The largest absolute Gasteiger partial charge is 0.330 e. The van der Waals surface area contributed by atoms with E-state index in [1.807, 2.05) is 6.92 Å². The van der Waals surface area contributed by atoms with E-state index >= 15 is 0 Å². The van der Waals surface area contributed by atoms with E-state index < -0.39 is 5.82 Å². The van der Waals surface area contributed by atoms with E-state index in [9.17, 15) is 14.0 Å². The lowest BCUT2D eigenvalue weighted by atomic mass is 10.0. The summed E-state index contributed by atoms with van der Waals surface area (Å²) < 4.78 is 14.0. The molecule has 1 aliphatic rings. The van der Waals surface area contributed by atoms with Gasteiger partial charge in [0, 0.05) is 18.5 Å². The highest BCUT2D eigenvalue weighted by molar-refractivity contribution is 5.96. The topological polar surface area (TPSA) is 84.2 Å². The molecular formula is C15H20FN3O2. The summed E-state index contributed by atoms with van der Waals surface area (Å²) in [5.41, 5.74) is 6.91. The van der Waals surface area contributed by atoms with E-state index in [-0.39, 0.29) is 23.4 Å². The third-order valence-corrected chi connectivity index (χ3v) is 3.63. The van der Waals surface area contributed by atoms with Crippen LogP contribution in [-0.4, -0.2) is 18.4 Å². The second-order valence-electron chi connectivity index (χ2n) is 5.47. The number of hydrogen-bond donors (Lipinski definition) is 3. The van der Waals surface area contributed by atoms with Crippen molar-refractivity contribution in [3.05, 3.63) is 23.5 Å². The van der Waals surface area contributed by atoms with Crippen molar-refractivity contribution in [2.75, 3.05) is 17.2 Å². The number of nitrogens with one attached hydrogen (secondary N) is 2. The van der Waals surface area contributed by atoms with Crippen LogP contribution in [0.25, 0.3) is 0 Å². The monoisotopic (exact) mass is 293 g/mol. The summed E-state index contributed by atoms with van der Waals surface area (Å²) in [6.07, 6.45) is 1.82. The van der Waals surface area contributed by atoms with Gasteiger partial charge in [0.15, 0.2) is 0 Å². The standard InChI is InChI=1S/C15H20FN3O2/c1-9(8-17)2-4-14(20)19-13-7-12-10(6-11(13)16)3-5-15(21)18-12/h6-7,9H,2-5,8,17H2,1H3,(H,18,21)(H,19,20). The number of fused-ring (bicyclic) bond motifs is 1. The Balaban J connectivity index is 2.05. The van der Waals surface area contributed by atoms with Crippen molar-refractivity contribution in [1.82, 2.24) is 0 Å². The number of rotatable bonds is 5. The zero-order valence-electron chi connectivity index (χ0n) is 12.0. The fourth-order valence-corrected chi connectivity index (χ4v) is 2.20. The maximum absolute atomic E-state index is 14.0. The minimum absolute atomic E-state index is 0.0943. The first kappa shape index (κ1) is 15.4. The van der Waals surface area contributed by atoms with E-state index in [1.54, 1.807) is 0 Å². The van der Waals surface area contributed by atoms with Gasteiger partial charge in [0.05, 0.1) is 5.69 Å². The average Bonchev–Trinajstić information content (AvgIpc) is 2.46. The van der Waals surface area contributed by atoms with Gasteiger partial charge in [0.2, 0.25) is 11.8 Å². The van der Waals surface area contributed by atoms with Crippen LogP contribution in [0, 0.1) is 11.7 Å². The van der Waals surface area contributed by atoms with Crippen LogP contribution in [0.2, 0.25) is 0 Å². The van der Waals surface area contributed by atoms with Crippen molar-refractivity contribution in [2.24, 2.45) is 11.7 Å². The molecule has 0 aromatic heterocycles. The number of amides is 2. The number of hydrogen-bond acceptors (Lipinski definition) is 3. The van der Waals surface area contributed by atoms with Crippen LogP contribution in [0.15, 0.2) is 12.1 Å². The van der Waals surface area contributed by atoms with Crippen molar-refractivity contribution in [2.45, 2.75) is 32.6 Å². The van der Waals surface area contributed by atoms with Gasteiger partial charge in [-0.1, -0.05) is 6.92 Å². The Morgan fingerprint density at radius 1 is 1.48 bits per heavy atom. The van der Waals surface area contributed by atoms with Crippen molar-refractivity contribution >= 4 is 23.2 Å². The Labute approximate surface area is 123 Å². The predicted molar refractivity (Wildman–Crippen MR) is 79.4 cm³/mol. The Morgan fingerprint density at radius 3 is 2.95 bits per heavy atom. The smallest absolute Gasteiger partial charge is 0.224 e. The molecule has 1 aromatic carbocycles. The normalized spacial score (nSPS) is 15.1. The van der Waals surface area contributed by atoms with Crippen LogP contribution in [0.5, 0.6) is 0 Å². The van der Waals surface area contributed by atoms with E-state index in [2.05, 4.69) is 10.6 Å². The molecular weight excluding hydrogens is 273 g/mol. The maximum Gasteiger partial charge on any atom is 0.224 e. The molecule has 0 saturated carbocycles. The highest BCUT2D eigenvalue weighted by Crippen LogP contribution is 2.28. The van der Waals surface area contributed by atoms with E-state index in [0.717, 1.165) is 5.56 Å². The molecule has 1 heterocycles. The molecule has 1 unspecified atom stereocenters. The van der Waals surface area contributed by atoms with Crippen LogP contribution < -0.4 is 16.4 Å². The molecule has 21 heavy (non-hydrogen) atoms. The number of carbonyl (C=O) groups is 2. The van der Waals surface area contributed by atoms with Crippen molar-refractivity contribution in [1.29, 1.82) is 0 Å². The second kappa shape index (κ2) is 6.67. The quantitative estimate of drug-likeness (QED) is 0.776. The molecule has 0 aliphatic carbocycles. The fraction of sp³-hybridized carbons (Fsp3) is 0.467. The zero-order chi connectivity index (χ0) is 15.4. The number of halogens is 1. The summed E-state index contributed by atoms with van der Waals surface area (Å²) in [4.78, 5) is 23.2. The van der Waals surface area contributed by atoms with Crippen LogP contribution in [0.4, 0.5) is 15.8 Å². The molecule has 1 atom stereocenters. The zero-order valence-corrected chi connectivity index (χ0v) is 12.0. The van der Waals surface area contributed by atoms with E-state index in [4.69, 9.17) is 5.73 Å². The fourth-order valence-electron chi connectivity index (χ4n) is 2.20. The molecule has 0 bridgehead atoms. The highest BCUT2D eigenvalue weighted by atomic mass is 19.1. The van der Waals surface area contributed by atoms with Gasteiger partial charge in [-0.15, -0.1) is 0 Å². The van der Waals surface area contributed by atoms with Crippen LogP contribution in [0.3, 0.4) is 0 Å². The third kappa shape index (κ3) is 4.01. The number of carbonyl (C=O) groups excluding carboxylic acids is 2. The van der Waals surface area contributed by atoms with Crippen LogP contribution in [0.1, 0.15) is 31.7 Å². The van der Waals surface area contributed by atoms with Gasteiger partial charge < -0.3 is 16.4 Å². The molecule has 4 N–H and O–H groups in total. The van der Waals surface area contributed by atoms with Crippen molar-refractivity contribution in [3.8, 4) is 0 Å². The molecule has 114 valence electrons. The first-order valence-corrected chi connectivity index (χ1v) is 7.11. The summed E-state index contributed by atoms with van der Waals surface area (Å²) in [6, 6.07) is 2.85. The molecule has 0 fully saturated rings. The summed E-state index contributed by atoms with van der Waals surface area (Å²) in [5.74, 6) is -0.576. The minimum Gasteiger partial charge on any atom is -0.330 e. The number of aryl methyl sites for hydroxylation is 1. The predicted octanol–water partition coefficient (Wildman–Crippen LogP) is 2.02. The van der Waals surface area contributed by atoms with Gasteiger partial charge in [0.25, 0.3) is 0 Å².